The van der Waals surface area contributed by atoms with E-state index >= 15 is 0 Å². The lowest BCUT2D eigenvalue weighted by molar-refractivity contribution is -0.146. The number of rotatable bonds is 1. The first kappa shape index (κ1) is 10.9. The molecule has 1 aliphatic rings. The van der Waals surface area contributed by atoms with Crippen LogP contribution in [0.25, 0.3) is 0 Å². The van der Waals surface area contributed by atoms with E-state index in [1.165, 1.54) is 6.92 Å². The summed E-state index contributed by atoms with van der Waals surface area (Å²) in [7, 11) is 0. The van der Waals surface area contributed by atoms with E-state index in [0.717, 1.165) is 12.0 Å². The molecule has 0 bridgehead atoms. The summed E-state index contributed by atoms with van der Waals surface area (Å²) in [4.78, 5) is 15.0. The maximum absolute atomic E-state index is 10.9. The molecule has 2 rings (SSSR count). The van der Waals surface area contributed by atoms with Gasteiger partial charge in [-0.1, -0.05) is 11.6 Å². The number of nitriles is 1. The van der Waals surface area contributed by atoms with Crippen molar-refractivity contribution in [3.8, 4) is 6.07 Å². The van der Waals surface area contributed by atoms with E-state index in [9.17, 15) is 4.79 Å². The minimum atomic E-state index is -0.333. The molecule has 1 aromatic rings. The predicted octanol–water partition coefficient (Wildman–Crippen LogP) is 2.16. The van der Waals surface area contributed by atoms with Gasteiger partial charge in [-0.2, -0.15) is 5.26 Å². The second-order valence-electron chi connectivity index (χ2n) is 3.62. The lowest BCUT2D eigenvalue weighted by Crippen LogP contribution is -2.07. The van der Waals surface area contributed by atoms with Gasteiger partial charge in [-0.05, 0) is 24.5 Å². The van der Waals surface area contributed by atoms with Crippen LogP contribution in [-0.4, -0.2) is 11.0 Å². The third-order valence-electron chi connectivity index (χ3n) is 2.50. The van der Waals surface area contributed by atoms with Gasteiger partial charge in [0.05, 0.1) is 11.3 Å². The van der Waals surface area contributed by atoms with Gasteiger partial charge >= 0.3 is 5.97 Å². The number of hydrogen-bond acceptors (Lipinski definition) is 4. The minimum Gasteiger partial charge on any atom is -0.456 e. The number of halogens is 1. The average Bonchev–Trinajstić information content (AvgIpc) is 2.59. The molecule has 0 radical (unpaired) electrons. The number of aromatic nitrogens is 1. The molecule has 1 aliphatic carbocycles. The number of pyridine rings is 1. The third kappa shape index (κ3) is 1.86. The molecule has 0 fully saturated rings. The average molecular weight is 237 g/mol. The van der Waals surface area contributed by atoms with Gasteiger partial charge in [-0.15, -0.1) is 0 Å². The van der Waals surface area contributed by atoms with Gasteiger partial charge in [-0.25, -0.2) is 4.98 Å². The Morgan fingerprint density at radius 1 is 1.75 bits per heavy atom. The van der Waals surface area contributed by atoms with Gasteiger partial charge in [0.25, 0.3) is 0 Å². The number of aryl methyl sites for hydroxylation is 1. The van der Waals surface area contributed by atoms with Gasteiger partial charge in [0, 0.05) is 6.92 Å². The van der Waals surface area contributed by atoms with Gasteiger partial charge in [0.15, 0.2) is 0 Å². The Morgan fingerprint density at radius 3 is 3.12 bits per heavy atom. The van der Waals surface area contributed by atoms with E-state index in [1.54, 1.807) is 6.07 Å². The Morgan fingerprint density at radius 2 is 2.50 bits per heavy atom. The fraction of sp³-hybridized carbons (Fsp3) is 0.364. The summed E-state index contributed by atoms with van der Waals surface area (Å²) in [6.07, 6.45) is 1.14. The summed E-state index contributed by atoms with van der Waals surface area (Å²) < 4.78 is 5.12. The maximum atomic E-state index is 10.9. The molecule has 82 valence electrons. The second kappa shape index (κ2) is 4.11. The number of carbonyl (C=O) groups is 1. The molecule has 16 heavy (non-hydrogen) atoms. The summed E-state index contributed by atoms with van der Waals surface area (Å²) in [5.74, 6) is -0.333. The van der Waals surface area contributed by atoms with Crippen molar-refractivity contribution in [3.05, 3.63) is 28.0 Å². The number of carbonyl (C=O) groups excluding carboxylic acids is 1. The quantitative estimate of drug-likeness (QED) is 0.554. The first-order chi connectivity index (χ1) is 7.61. The Kier molecular flexibility index (Phi) is 2.80. The van der Waals surface area contributed by atoms with E-state index in [4.69, 9.17) is 21.6 Å². The van der Waals surface area contributed by atoms with Crippen molar-refractivity contribution in [2.24, 2.45) is 0 Å². The zero-order valence-corrected chi connectivity index (χ0v) is 9.41. The molecule has 0 amide bonds. The molecule has 1 heterocycles. The number of esters is 1. The van der Waals surface area contributed by atoms with Crippen LogP contribution in [0.2, 0.25) is 5.15 Å². The monoisotopic (exact) mass is 236 g/mol. The second-order valence-corrected chi connectivity index (χ2v) is 3.98. The number of ether oxygens (including phenoxy) is 1. The Hall–Kier alpha value is -1.60. The van der Waals surface area contributed by atoms with E-state index in [0.29, 0.717) is 17.7 Å². The van der Waals surface area contributed by atoms with Crippen LogP contribution < -0.4 is 0 Å². The van der Waals surface area contributed by atoms with Crippen molar-refractivity contribution < 1.29 is 9.53 Å². The van der Waals surface area contributed by atoms with Gasteiger partial charge in [0.2, 0.25) is 0 Å². The lowest BCUT2D eigenvalue weighted by atomic mass is 10.2. The van der Waals surface area contributed by atoms with Crippen molar-refractivity contribution in [3.63, 3.8) is 0 Å². The minimum absolute atomic E-state index is 0.167. The van der Waals surface area contributed by atoms with Gasteiger partial charge < -0.3 is 4.74 Å². The molecule has 0 spiro atoms. The highest BCUT2D eigenvalue weighted by molar-refractivity contribution is 6.30. The number of hydrogen-bond donors (Lipinski definition) is 0. The predicted molar refractivity (Wildman–Crippen MR) is 56.8 cm³/mol. The summed E-state index contributed by atoms with van der Waals surface area (Å²) in [6, 6.07) is 3.69. The maximum Gasteiger partial charge on any atom is 0.303 e. The largest absolute Gasteiger partial charge is 0.456 e. The van der Waals surface area contributed by atoms with E-state index < -0.39 is 0 Å². The molecule has 5 heteroatoms. The zero-order chi connectivity index (χ0) is 11.7. The summed E-state index contributed by atoms with van der Waals surface area (Å²) in [5, 5.41) is 8.97. The molecule has 1 atom stereocenters. The molecule has 1 aromatic heterocycles. The van der Waals surface area contributed by atoms with Gasteiger partial charge in [-0.3, -0.25) is 4.79 Å². The van der Waals surface area contributed by atoms with Crippen LogP contribution in [0, 0.1) is 11.3 Å². The molecule has 0 N–H and O–H groups in total. The SMILES string of the molecule is CC(=O)OC1CCc2cc(C#N)c(Cl)nc21. The zero-order valence-electron chi connectivity index (χ0n) is 8.66. The van der Waals surface area contributed by atoms with E-state index in [1.807, 2.05) is 6.07 Å². The third-order valence-corrected chi connectivity index (χ3v) is 2.79. The van der Waals surface area contributed by atoms with Crippen molar-refractivity contribution in [2.75, 3.05) is 0 Å². The fourth-order valence-electron chi connectivity index (χ4n) is 1.84. The summed E-state index contributed by atoms with van der Waals surface area (Å²) in [5.41, 5.74) is 1.98. The Labute approximate surface area is 97.8 Å². The van der Waals surface area contributed by atoms with Crippen LogP contribution in [0.5, 0.6) is 0 Å². The topological polar surface area (TPSA) is 63.0 Å². The van der Waals surface area contributed by atoms with Crippen LogP contribution in [0.15, 0.2) is 6.07 Å². The standard InChI is InChI=1S/C11H9ClN2O2/c1-6(15)16-9-3-2-7-4-8(5-13)11(12)14-10(7)9/h4,9H,2-3H2,1H3. The lowest BCUT2D eigenvalue weighted by Gasteiger charge is -2.10. The normalized spacial score (nSPS) is 17.7. The fourth-order valence-corrected chi connectivity index (χ4v) is 2.03. The number of fused-ring (bicyclic) bond motifs is 1. The molecular weight excluding hydrogens is 228 g/mol. The first-order valence-electron chi connectivity index (χ1n) is 4.88. The van der Waals surface area contributed by atoms with E-state index in [-0.39, 0.29) is 17.2 Å². The van der Waals surface area contributed by atoms with E-state index in [2.05, 4.69) is 4.98 Å². The number of nitrogens with zero attached hydrogens (tertiary/aromatic N) is 2. The first-order valence-corrected chi connectivity index (χ1v) is 5.26. The van der Waals surface area contributed by atoms with Gasteiger partial charge in [0.1, 0.15) is 17.3 Å². The van der Waals surface area contributed by atoms with Crippen LogP contribution in [-0.2, 0) is 16.0 Å². The molecule has 4 nitrogen and oxygen atoms in total. The highest BCUT2D eigenvalue weighted by Crippen LogP contribution is 2.34. The van der Waals surface area contributed by atoms with Crippen molar-refractivity contribution in [2.45, 2.75) is 25.9 Å². The van der Waals surface area contributed by atoms with Crippen LogP contribution in [0.4, 0.5) is 0 Å². The highest BCUT2D eigenvalue weighted by Gasteiger charge is 2.27. The Bertz CT molecular complexity index is 493. The molecule has 0 saturated carbocycles. The molecule has 0 aliphatic heterocycles. The molecule has 1 unspecified atom stereocenters. The Balaban J connectivity index is 2.38. The van der Waals surface area contributed by atoms with Crippen LogP contribution >= 0.6 is 11.6 Å². The van der Waals surface area contributed by atoms with Crippen molar-refractivity contribution >= 4 is 17.6 Å². The molecular formula is C11H9ClN2O2. The smallest absolute Gasteiger partial charge is 0.303 e. The summed E-state index contributed by atoms with van der Waals surface area (Å²) >= 11 is 5.84. The molecule has 0 saturated heterocycles. The summed E-state index contributed by atoms with van der Waals surface area (Å²) in [6.45, 7) is 1.36. The van der Waals surface area contributed by atoms with Crippen LogP contribution in [0.1, 0.15) is 36.3 Å². The van der Waals surface area contributed by atoms with Crippen molar-refractivity contribution in [1.29, 1.82) is 5.26 Å². The van der Waals surface area contributed by atoms with Crippen molar-refractivity contribution in [1.82, 2.24) is 4.98 Å². The van der Waals surface area contributed by atoms with Crippen LogP contribution in [0.3, 0.4) is 0 Å². The highest BCUT2D eigenvalue weighted by atomic mass is 35.5. The molecule has 0 aromatic carbocycles.